The molecule has 5 heteroatoms. The fourth-order valence-electron chi connectivity index (χ4n) is 1.69. The Kier molecular flexibility index (Phi) is 3.97. The predicted octanol–water partition coefficient (Wildman–Crippen LogP) is 2.78. The van der Waals surface area contributed by atoms with Crippen LogP contribution in [-0.4, -0.2) is 17.1 Å². The zero-order valence-electron chi connectivity index (χ0n) is 10.8. The van der Waals surface area contributed by atoms with Crippen LogP contribution in [0.1, 0.15) is 11.3 Å². The molecule has 0 amide bonds. The largest absolute Gasteiger partial charge is 0.497 e. The van der Waals surface area contributed by atoms with Crippen molar-refractivity contribution in [2.24, 2.45) is 5.73 Å². The molecule has 0 spiro atoms. The number of nitrogens with one attached hydrogen (secondary N) is 1. The van der Waals surface area contributed by atoms with Crippen molar-refractivity contribution < 1.29 is 4.74 Å². The summed E-state index contributed by atoms with van der Waals surface area (Å²) in [5.41, 5.74) is 8.19. The van der Waals surface area contributed by atoms with E-state index in [0.29, 0.717) is 10.8 Å². The molecular weight excluding hydrogens is 258 g/mol. The molecule has 4 nitrogen and oxygen atoms in total. The highest BCUT2D eigenvalue weighted by Crippen LogP contribution is 2.22. The summed E-state index contributed by atoms with van der Waals surface area (Å²) >= 11 is 5.03. The van der Waals surface area contributed by atoms with Crippen LogP contribution in [0, 0.1) is 6.92 Å². The number of anilines is 2. The molecule has 0 unspecified atom stereocenters. The molecule has 0 aliphatic heterocycles. The molecule has 0 bridgehead atoms. The second-order valence-corrected chi connectivity index (χ2v) is 4.51. The van der Waals surface area contributed by atoms with Crippen LogP contribution in [0.5, 0.6) is 5.75 Å². The molecule has 3 N–H and O–H groups in total. The fourth-order valence-corrected chi connectivity index (χ4v) is 1.85. The van der Waals surface area contributed by atoms with Crippen LogP contribution < -0.4 is 15.8 Å². The topological polar surface area (TPSA) is 60.2 Å². The number of thiocarbonyl (C=S) groups is 1. The quantitative estimate of drug-likeness (QED) is 0.839. The molecule has 19 heavy (non-hydrogen) atoms. The van der Waals surface area contributed by atoms with Gasteiger partial charge in [-0.25, -0.2) is 4.98 Å². The Bertz CT molecular complexity index is 613. The van der Waals surface area contributed by atoms with Crippen molar-refractivity contribution in [2.75, 3.05) is 12.4 Å². The van der Waals surface area contributed by atoms with Gasteiger partial charge in [0.1, 0.15) is 16.6 Å². The Labute approximate surface area is 117 Å². The average Bonchev–Trinajstić information content (AvgIpc) is 2.38. The van der Waals surface area contributed by atoms with Crippen molar-refractivity contribution in [3.63, 3.8) is 0 Å². The number of methoxy groups -OCH3 is 1. The number of pyridine rings is 1. The van der Waals surface area contributed by atoms with Crippen LogP contribution in [0.3, 0.4) is 0 Å². The molecule has 1 aromatic carbocycles. The van der Waals surface area contributed by atoms with Gasteiger partial charge < -0.3 is 15.8 Å². The van der Waals surface area contributed by atoms with Crippen molar-refractivity contribution >= 4 is 28.7 Å². The Morgan fingerprint density at radius 2 is 2.11 bits per heavy atom. The first-order valence-corrected chi connectivity index (χ1v) is 6.19. The summed E-state index contributed by atoms with van der Waals surface area (Å²) in [5.74, 6) is 1.43. The minimum Gasteiger partial charge on any atom is -0.497 e. The van der Waals surface area contributed by atoms with Gasteiger partial charge in [0, 0.05) is 17.4 Å². The summed E-state index contributed by atoms with van der Waals surface area (Å²) in [6.45, 7) is 1.92. The predicted molar refractivity (Wildman–Crippen MR) is 81.1 cm³/mol. The monoisotopic (exact) mass is 273 g/mol. The van der Waals surface area contributed by atoms with Gasteiger partial charge in [-0.15, -0.1) is 0 Å². The zero-order valence-corrected chi connectivity index (χ0v) is 11.6. The van der Waals surface area contributed by atoms with Crippen molar-refractivity contribution in [1.82, 2.24) is 4.98 Å². The van der Waals surface area contributed by atoms with Gasteiger partial charge in [0.15, 0.2) is 0 Å². The number of hydrogen-bond donors (Lipinski definition) is 2. The number of aromatic nitrogens is 1. The van der Waals surface area contributed by atoms with E-state index in [1.807, 2.05) is 43.3 Å². The molecule has 0 saturated carbocycles. The van der Waals surface area contributed by atoms with E-state index in [1.54, 1.807) is 7.11 Å². The smallest absolute Gasteiger partial charge is 0.140 e. The minimum absolute atomic E-state index is 0.317. The first-order chi connectivity index (χ1) is 9.10. The third-order valence-corrected chi connectivity index (χ3v) is 2.85. The van der Waals surface area contributed by atoms with Crippen molar-refractivity contribution in [2.45, 2.75) is 6.92 Å². The van der Waals surface area contributed by atoms with E-state index in [1.165, 1.54) is 0 Å². The Morgan fingerprint density at radius 3 is 2.79 bits per heavy atom. The van der Waals surface area contributed by atoms with Gasteiger partial charge in [-0.3, -0.25) is 0 Å². The maximum atomic E-state index is 5.70. The van der Waals surface area contributed by atoms with Gasteiger partial charge in [0.2, 0.25) is 0 Å². The summed E-state index contributed by atoms with van der Waals surface area (Å²) in [7, 11) is 1.63. The molecular formula is C14H15N3OS. The molecule has 0 radical (unpaired) electrons. The van der Waals surface area contributed by atoms with E-state index in [0.717, 1.165) is 22.7 Å². The lowest BCUT2D eigenvalue weighted by Crippen LogP contribution is -2.13. The van der Waals surface area contributed by atoms with Gasteiger partial charge in [0.25, 0.3) is 0 Å². The Hall–Kier alpha value is -2.14. The van der Waals surface area contributed by atoms with Crippen molar-refractivity contribution in [1.29, 1.82) is 0 Å². The van der Waals surface area contributed by atoms with E-state index < -0.39 is 0 Å². The second-order valence-electron chi connectivity index (χ2n) is 4.07. The lowest BCUT2D eigenvalue weighted by Gasteiger charge is -2.11. The van der Waals surface area contributed by atoms with Crippen LogP contribution in [0.25, 0.3) is 0 Å². The number of nitrogens with zero attached hydrogens (tertiary/aromatic N) is 1. The molecule has 1 aromatic heterocycles. The van der Waals surface area contributed by atoms with Crippen molar-refractivity contribution in [3.8, 4) is 5.75 Å². The minimum atomic E-state index is 0.317. The van der Waals surface area contributed by atoms with Crippen molar-refractivity contribution in [3.05, 3.63) is 47.7 Å². The first kappa shape index (κ1) is 13.3. The molecule has 1 heterocycles. The number of ether oxygens (including phenoxy) is 1. The average molecular weight is 273 g/mol. The molecule has 0 saturated heterocycles. The van der Waals surface area contributed by atoms with Crippen LogP contribution in [0.15, 0.2) is 36.4 Å². The van der Waals surface area contributed by atoms with Gasteiger partial charge in [0.05, 0.1) is 12.7 Å². The number of nitrogens with two attached hydrogens (primary N) is 1. The fraction of sp³-hybridized carbons (Fsp3) is 0.143. The number of rotatable bonds is 4. The summed E-state index contributed by atoms with van der Waals surface area (Å²) in [6, 6.07) is 11.3. The third-order valence-electron chi connectivity index (χ3n) is 2.63. The second kappa shape index (κ2) is 5.67. The van der Waals surface area contributed by atoms with Gasteiger partial charge in [-0.05, 0) is 31.2 Å². The third kappa shape index (κ3) is 3.20. The maximum absolute atomic E-state index is 5.70. The lowest BCUT2D eigenvalue weighted by molar-refractivity contribution is 0.415. The summed E-state index contributed by atoms with van der Waals surface area (Å²) in [6.07, 6.45) is 0. The van der Waals surface area contributed by atoms with Crippen LogP contribution in [0.4, 0.5) is 11.5 Å². The first-order valence-electron chi connectivity index (χ1n) is 5.78. The molecule has 0 atom stereocenters. The molecule has 98 valence electrons. The molecule has 0 aliphatic carbocycles. The van der Waals surface area contributed by atoms with E-state index in [4.69, 9.17) is 22.7 Å². The lowest BCUT2D eigenvalue weighted by atomic mass is 10.2. The number of hydrogen-bond acceptors (Lipinski definition) is 4. The highest BCUT2D eigenvalue weighted by atomic mass is 32.1. The molecule has 0 fully saturated rings. The van der Waals surface area contributed by atoms with E-state index >= 15 is 0 Å². The zero-order chi connectivity index (χ0) is 13.8. The molecule has 2 rings (SSSR count). The van der Waals surface area contributed by atoms with E-state index in [-0.39, 0.29) is 0 Å². The highest BCUT2D eigenvalue weighted by molar-refractivity contribution is 7.80. The molecule has 0 aliphatic rings. The van der Waals surface area contributed by atoms with E-state index in [9.17, 15) is 0 Å². The Balaban J connectivity index is 2.36. The van der Waals surface area contributed by atoms with Gasteiger partial charge in [-0.2, -0.15) is 0 Å². The standard InChI is InChI=1S/C14H15N3OS/c1-9-6-7-12(13(15)19)14(16-9)17-10-4-3-5-11(8-10)18-2/h3-8H,1-2H3,(H2,15,19)(H,16,17). The Morgan fingerprint density at radius 1 is 1.32 bits per heavy atom. The summed E-state index contributed by atoms with van der Waals surface area (Å²) < 4.78 is 5.18. The van der Waals surface area contributed by atoms with Crippen LogP contribution in [-0.2, 0) is 0 Å². The summed E-state index contributed by atoms with van der Waals surface area (Å²) in [4.78, 5) is 4.74. The molecule has 2 aromatic rings. The normalized spacial score (nSPS) is 10.0. The van der Waals surface area contributed by atoms with Gasteiger partial charge >= 0.3 is 0 Å². The van der Waals surface area contributed by atoms with Crippen LogP contribution in [0.2, 0.25) is 0 Å². The highest BCUT2D eigenvalue weighted by Gasteiger charge is 2.07. The van der Waals surface area contributed by atoms with Crippen LogP contribution >= 0.6 is 12.2 Å². The maximum Gasteiger partial charge on any atom is 0.140 e. The number of aryl methyl sites for hydroxylation is 1. The summed E-state index contributed by atoms with van der Waals surface area (Å²) in [5, 5.41) is 3.21. The van der Waals surface area contributed by atoms with Gasteiger partial charge in [-0.1, -0.05) is 18.3 Å². The SMILES string of the molecule is COc1cccc(Nc2nc(C)ccc2C(N)=S)c1. The van der Waals surface area contributed by atoms with E-state index in [2.05, 4.69) is 10.3 Å². The number of benzene rings is 1.